The molecule has 1 atom stereocenters. The molecule has 0 aliphatic rings. The van der Waals surface area contributed by atoms with E-state index in [2.05, 4.69) is 0 Å². The highest BCUT2D eigenvalue weighted by atomic mass is 16.5. The number of hydrogen-bond acceptors (Lipinski definition) is 3. The van der Waals surface area contributed by atoms with Gasteiger partial charge in [-0.25, -0.2) is 0 Å². The SMILES string of the molecule is CCOC(=O)C(C)(CC)C(=O)CC. The van der Waals surface area contributed by atoms with Crippen molar-refractivity contribution < 1.29 is 14.3 Å². The molecule has 76 valence electrons. The molecule has 0 aliphatic heterocycles. The summed E-state index contributed by atoms with van der Waals surface area (Å²) < 4.78 is 4.86. The summed E-state index contributed by atoms with van der Waals surface area (Å²) in [5.74, 6) is -0.446. The van der Waals surface area contributed by atoms with Gasteiger partial charge in [0, 0.05) is 6.42 Å². The molecule has 1 unspecified atom stereocenters. The van der Waals surface area contributed by atoms with Gasteiger partial charge in [0.2, 0.25) is 0 Å². The number of ketones is 1. The number of carbonyl (C=O) groups is 2. The molecule has 0 heterocycles. The van der Waals surface area contributed by atoms with Gasteiger partial charge >= 0.3 is 5.97 Å². The molecule has 0 bridgehead atoms. The zero-order valence-electron chi connectivity index (χ0n) is 8.85. The summed E-state index contributed by atoms with van der Waals surface area (Å²) >= 11 is 0. The van der Waals surface area contributed by atoms with Crippen molar-refractivity contribution in [2.24, 2.45) is 5.41 Å². The average Bonchev–Trinajstić information content (AvgIpc) is 2.15. The predicted octanol–water partition coefficient (Wildman–Crippen LogP) is 1.94. The van der Waals surface area contributed by atoms with Crippen LogP contribution in [0, 0.1) is 5.41 Å². The van der Waals surface area contributed by atoms with Crippen LogP contribution in [-0.4, -0.2) is 18.4 Å². The average molecular weight is 186 g/mol. The van der Waals surface area contributed by atoms with Crippen LogP contribution in [0.2, 0.25) is 0 Å². The molecule has 0 radical (unpaired) electrons. The van der Waals surface area contributed by atoms with E-state index in [0.717, 1.165) is 0 Å². The van der Waals surface area contributed by atoms with E-state index in [1.54, 1.807) is 20.8 Å². The largest absolute Gasteiger partial charge is 0.465 e. The molecule has 3 nitrogen and oxygen atoms in total. The van der Waals surface area contributed by atoms with Crippen LogP contribution in [0.5, 0.6) is 0 Å². The monoisotopic (exact) mass is 186 g/mol. The molecule has 0 rings (SSSR count). The van der Waals surface area contributed by atoms with Gasteiger partial charge in [-0.15, -0.1) is 0 Å². The first kappa shape index (κ1) is 12.1. The Balaban J connectivity index is 4.61. The molecular weight excluding hydrogens is 168 g/mol. The maximum absolute atomic E-state index is 11.5. The number of rotatable bonds is 5. The molecule has 0 aromatic carbocycles. The Labute approximate surface area is 79.5 Å². The van der Waals surface area contributed by atoms with Gasteiger partial charge in [0.15, 0.2) is 0 Å². The zero-order valence-corrected chi connectivity index (χ0v) is 8.85. The minimum absolute atomic E-state index is 0.0477. The number of Topliss-reactive ketones (excluding diaryl/α,β-unsaturated/α-hetero) is 1. The van der Waals surface area contributed by atoms with Crippen LogP contribution in [-0.2, 0) is 14.3 Å². The Bertz CT molecular complexity index is 198. The normalized spacial score (nSPS) is 14.8. The topological polar surface area (TPSA) is 43.4 Å². The molecule has 0 N–H and O–H groups in total. The van der Waals surface area contributed by atoms with Gasteiger partial charge in [0.05, 0.1) is 6.61 Å². The minimum atomic E-state index is -0.940. The third kappa shape index (κ3) is 2.54. The highest BCUT2D eigenvalue weighted by Crippen LogP contribution is 2.25. The second kappa shape index (κ2) is 5.00. The molecule has 0 saturated carbocycles. The fourth-order valence-electron chi connectivity index (χ4n) is 1.14. The van der Waals surface area contributed by atoms with Crippen molar-refractivity contribution >= 4 is 11.8 Å². The van der Waals surface area contributed by atoms with Crippen LogP contribution in [0.4, 0.5) is 0 Å². The zero-order chi connectivity index (χ0) is 10.5. The first-order valence-corrected chi connectivity index (χ1v) is 4.73. The molecule has 0 amide bonds. The van der Waals surface area contributed by atoms with E-state index >= 15 is 0 Å². The van der Waals surface area contributed by atoms with Crippen molar-refractivity contribution in [1.29, 1.82) is 0 Å². The Morgan fingerprint density at radius 3 is 2.08 bits per heavy atom. The molecule has 0 aliphatic carbocycles. The van der Waals surface area contributed by atoms with Crippen molar-refractivity contribution in [1.82, 2.24) is 0 Å². The van der Waals surface area contributed by atoms with E-state index in [-0.39, 0.29) is 5.78 Å². The van der Waals surface area contributed by atoms with E-state index in [0.29, 0.717) is 19.4 Å². The first-order valence-electron chi connectivity index (χ1n) is 4.73. The number of carbonyl (C=O) groups excluding carboxylic acids is 2. The number of hydrogen-bond donors (Lipinski definition) is 0. The first-order chi connectivity index (χ1) is 6.02. The summed E-state index contributed by atoms with van der Waals surface area (Å²) in [5, 5.41) is 0. The van der Waals surface area contributed by atoms with Crippen LogP contribution in [0.3, 0.4) is 0 Å². The minimum Gasteiger partial charge on any atom is -0.465 e. The molecule has 13 heavy (non-hydrogen) atoms. The van der Waals surface area contributed by atoms with Crippen molar-refractivity contribution in [3.05, 3.63) is 0 Å². The van der Waals surface area contributed by atoms with Gasteiger partial charge in [-0.1, -0.05) is 13.8 Å². The lowest BCUT2D eigenvalue weighted by Gasteiger charge is -2.23. The molecule has 0 fully saturated rings. The van der Waals surface area contributed by atoms with Gasteiger partial charge in [-0.05, 0) is 20.3 Å². The second-order valence-electron chi connectivity index (χ2n) is 3.18. The summed E-state index contributed by atoms with van der Waals surface area (Å²) in [6, 6.07) is 0. The van der Waals surface area contributed by atoms with Gasteiger partial charge < -0.3 is 4.74 Å². The summed E-state index contributed by atoms with van der Waals surface area (Å²) in [6.07, 6.45) is 0.877. The van der Waals surface area contributed by atoms with Crippen LogP contribution in [0.1, 0.15) is 40.5 Å². The van der Waals surface area contributed by atoms with E-state index in [4.69, 9.17) is 4.74 Å². The smallest absolute Gasteiger partial charge is 0.319 e. The van der Waals surface area contributed by atoms with Gasteiger partial charge in [0.1, 0.15) is 11.2 Å². The number of esters is 1. The van der Waals surface area contributed by atoms with Crippen LogP contribution >= 0.6 is 0 Å². The van der Waals surface area contributed by atoms with Crippen LogP contribution in [0.15, 0.2) is 0 Å². The highest BCUT2D eigenvalue weighted by molar-refractivity contribution is 6.03. The van der Waals surface area contributed by atoms with Crippen molar-refractivity contribution in [3.63, 3.8) is 0 Å². The van der Waals surface area contributed by atoms with Gasteiger partial charge in [0.25, 0.3) is 0 Å². The van der Waals surface area contributed by atoms with Crippen molar-refractivity contribution in [3.8, 4) is 0 Å². The van der Waals surface area contributed by atoms with Crippen LogP contribution < -0.4 is 0 Å². The third-order valence-corrected chi connectivity index (χ3v) is 2.37. The Morgan fingerprint density at radius 1 is 1.23 bits per heavy atom. The maximum atomic E-state index is 11.5. The van der Waals surface area contributed by atoms with Crippen molar-refractivity contribution in [2.75, 3.05) is 6.61 Å². The van der Waals surface area contributed by atoms with E-state index < -0.39 is 11.4 Å². The molecular formula is C10H18O3. The Kier molecular flexibility index (Phi) is 4.67. The molecule has 0 spiro atoms. The molecule has 0 aromatic heterocycles. The fourth-order valence-corrected chi connectivity index (χ4v) is 1.14. The Morgan fingerprint density at radius 2 is 1.77 bits per heavy atom. The summed E-state index contributed by atoms with van der Waals surface area (Å²) in [4.78, 5) is 22.9. The lowest BCUT2D eigenvalue weighted by atomic mass is 9.82. The summed E-state index contributed by atoms with van der Waals surface area (Å²) in [6.45, 7) is 7.30. The van der Waals surface area contributed by atoms with Crippen LogP contribution in [0.25, 0.3) is 0 Å². The van der Waals surface area contributed by atoms with E-state index in [1.165, 1.54) is 0 Å². The molecule has 0 saturated heterocycles. The molecule has 3 heteroatoms. The summed E-state index contributed by atoms with van der Waals surface area (Å²) in [5.41, 5.74) is -0.940. The second-order valence-corrected chi connectivity index (χ2v) is 3.18. The van der Waals surface area contributed by atoms with Crippen molar-refractivity contribution in [2.45, 2.75) is 40.5 Å². The summed E-state index contributed by atoms with van der Waals surface area (Å²) in [7, 11) is 0. The lowest BCUT2D eigenvalue weighted by Crippen LogP contribution is -2.37. The lowest BCUT2D eigenvalue weighted by molar-refractivity contribution is -0.159. The predicted molar refractivity (Wildman–Crippen MR) is 50.3 cm³/mol. The van der Waals surface area contributed by atoms with E-state index in [1.807, 2.05) is 6.92 Å². The third-order valence-electron chi connectivity index (χ3n) is 2.37. The Hall–Kier alpha value is -0.860. The van der Waals surface area contributed by atoms with Gasteiger partial charge in [-0.3, -0.25) is 9.59 Å². The fraction of sp³-hybridized carbons (Fsp3) is 0.800. The quantitative estimate of drug-likeness (QED) is 0.487. The molecule has 0 aromatic rings. The van der Waals surface area contributed by atoms with Gasteiger partial charge in [-0.2, -0.15) is 0 Å². The maximum Gasteiger partial charge on any atom is 0.319 e. The van der Waals surface area contributed by atoms with E-state index in [9.17, 15) is 9.59 Å². The number of ether oxygens (including phenoxy) is 1. The highest BCUT2D eigenvalue weighted by Gasteiger charge is 2.39. The standard InChI is InChI=1S/C10H18O3/c1-5-8(11)10(4,6-2)9(12)13-7-3/h5-7H2,1-4H3.